The number of ether oxygens (including phenoxy) is 1. The van der Waals surface area contributed by atoms with Crippen molar-refractivity contribution < 1.29 is 9.53 Å². The van der Waals surface area contributed by atoms with E-state index in [4.69, 9.17) is 4.74 Å². The average Bonchev–Trinajstić information content (AvgIpc) is 3.04. The monoisotopic (exact) mass is 389 g/mol. The number of piperazine rings is 1. The van der Waals surface area contributed by atoms with Crippen LogP contribution in [0.15, 0.2) is 12.4 Å². The summed E-state index contributed by atoms with van der Waals surface area (Å²) in [7, 11) is 0. The lowest BCUT2D eigenvalue weighted by Gasteiger charge is -2.36. The summed E-state index contributed by atoms with van der Waals surface area (Å²) >= 11 is 1.33. The second kappa shape index (κ2) is 8.75. The van der Waals surface area contributed by atoms with Gasteiger partial charge in [-0.15, -0.1) is 11.3 Å². The fourth-order valence-corrected chi connectivity index (χ4v) is 4.04. The second-order valence-corrected chi connectivity index (χ2v) is 8.28. The number of carbonyl (C=O) groups is 1. The lowest BCUT2D eigenvalue weighted by atomic mass is 10.2. The van der Waals surface area contributed by atoms with Gasteiger partial charge in [-0.05, 0) is 19.8 Å². The van der Waals surface area contributed by atoms with Crippen LogP contribution in [-0.2, 0) is 4.74 Å². The molecule has 1 fully saturated rings. The number of hydrogen-bond donors (Lipinski definition) is 0. The molecule has 0 saturated carbocycles. The summed E-state index contributed by atoms with van der Waals surface area (Å²) in [4.78, 5) is 31.0. The first-order valence-corrected chi connectivity index (χ1v) is 10.2. The number of aryl methyl sites for hydroxylation is 1. The number of carbonyl (C=O) groups excluding carboxylic acids is 1. The molecule has 0 radical (unpaired) electrons. The van der Waals surface area contributed by atoms with Crippen molar-refractivity contribution in [3.8, 4) is 11.4 Å². The van der Waals surface area contributed by atoms with Crippen LogP contribution in [0.2, 0.25) is 0 Å². The van der Waals surface area contributed by atoms with Gasteiger partial charge in [-0.25, -0.2) is 19.7 Å². The zero-order chi connectivity index (χ0) is 19.4. The maximum atomic E-state index is 12.2. The summed E-state index contributed by atoms with van der Waals surface area (Å²) in [5, 5.41) is 0.806. The molecule has 0 unspecified atom stereocenters. The molecule has 8 heteroatoms. The lowest BCUT2D eigenvalue weighted by molar-refractivity contribution is 0.0532. The maximum absolute atomic E-state index is 12.2. The fraction of sp³-hybridized carbons (Fsp3) is 0.579. The van der Waals surface area contributed by atoms with Crippen LogP contribution >= 0.6 is 11.3 Å². The molecule has 0 aliphatic carbocycles. The average molecular weight is 390 g/mol. The molecule has 3 heterocycles. The molecule has 2 aromatic heterocycles. The Morgan fingerprint density at radius 2 is 1.96 bits per heavy atom. The van der Waals surface area contributed by atoms with Crippen LogP contribution in [0.25, 0.3) is 11.4 Å². The van der Waals surface area contributed by atoms with Crippen molar-refractivity contribution in [2.75, 3.05) is 44.2 Å². The third-order valence-corrected chi connectivity index (χ3v) is 5.35. The van der Waals surface area contributed by atoms with E-state index in [2.05, 4.69) is 38.6 Å². The molecule has 0 amide bonds. The Bertz CT molecular complexity index is 767. The zero-order valence-electron chi connectivity index (χ0n) is 16.4. The minimum atomic E-state index is -0.356. The fourth-order valence-electron chi connectivity index (χ4n) is 3.22. The summed E-state index contributed by atoms with van der Waals surface area (Å²) in [5.41, 5.74) is 1.15. The highest BCUT2D eigenvalue weighted by atomic mass is 32.1. The molecular formula is C19H27N5O2S. The molecule has 27 heavy (non-hydrogen) atoms. The number of rotatable bonds is 6. The van der Waals surface area contributed by atoms with Gasteiger partial charge < -0.3 is 9.64 Å². The van der Waals surface area contributed by atoms with E-state index < -0.39 is 0 Å². The van der Waals surface area contributed by atoms with Crippen molar-refractivity contribution in [2.45, 2.75) is 27.7 Å². The number of esters is 1. The molecule has 0 N–H and O–H groups in total. The van der Waals surface area contributed by atoms with E-state index in [0.29, 0.717) is 28.8 Å². The largest absolute Gasteiger partial charge is 0.462 e. The molecule has 0 atom stereocenters. The molecule has 146 valence electrons. The van der Waals surface area contributed by atoms with Crippen molar-refractivity contribution in [1.29, 1.82) is 0 Å². The molecule has 0 spiro atoms. The van der Waals surface area contributed by atoms with Crippen LogP contribution < -0.4 is 4.90 Å². The third-order valence-electron chi connectivity index (χ3n) is 4.40. The quantitative estimate of drug-likeness (QED) is 0.704. The predicted molar refractivity (Wildman–Crippen MR) is 107 cm³/mol. The van der Waals surface area contributed by atoms with Gasteiger partial charge in [0.15, 0.2) is 0 Å². The van der Waals surface area contributed by atoms with Crippen molar-refractivity contribution in [3.63, 3.8) is 0 Å². The summed E-state index contributed by atoms with van der Waals surface area (Å²) < 4.78 is 5.13. The van der Waals surface area contributed by atoms with Crippen LogP contribution in [0.3, 0.4) is 0 Å². The molecule has 1 aliphatic rings. The number of aromatic nitrogens is 3. The SMILES string of the molecule is CCOC(=O)c1sc(C)nc1-c1cnc(N2CCN(CC(C)C)CC2)cn1. The molecular weight excluding hydrogens is 362 g/mol. The van der Waals surface area contributed by atoms with Gasteiger partial charge in [-0.2, -0.15) is 0 Å². The van der Waals surface area contributed by atoms with Gasteiger partial charge in [-0.1, -0.05) is 13.8 Å². The number of nitrogens with zero attached hydrogens (tertiary/aromatic N) is 5. The van der Waals surface area contributed by atoms with Gasteiger partial charge in [0.1, 0.15) is 22.1 Å². The van der Waals surface area contributed by atoms with Crippen molar-refractivity contribution in [1.82, 2.24) is 19.9 Å². The molecule has 0 aromatic carbocycles. The highest BCUT2D eigenvalue weighted by Crippen LogP contribution is 2.28. The van der Waals surface area contributed by atoms with Crippen LogP contribution in [0, 0.1) is 12.8 Å². The second-order valence-electron chi connectivity index (χ2n) is 7.07. The highest BCUT2D eigenvalue weighted by molar-refractivity contribution is 7.14. The highest BCUT2D eigenvalue weighted by Gasteiger charge is 2.22. The minimum Gasteiger partial charge on any atom is -0.462 e. The first kappa shape index (κ1) is 19.7. The molecule has 1 saturated heterocycles. The topological polar surface area (TPSA) is 71.5 Å². The van der Waals surface area contributed by atoms with Gasteiger partial charge in [0.25, 0.3) is 0 Å². The summed E-state index contributed by atoms with van der Waals surface area (Å²) in [6.45, 7) is 13.6. The summed E-state index contributed by atoms with van der Waals surface area (Å²) in [6, 6.07) is 0. The Kier molecular flexibility index (Phi) is 6.38. The van der Waals surface area contributed by atoms with E-state index in [1.807, 2.05) is 6.92 Å². The van der Waals surface area contributed by atoms with Gasteiger partial charge >= 0.3 is 5.97 Å². The Morgan fingerprint density at radius 3 is 2.56 bits per heavy atom. The van der Waals surface area contributed by atoms with Crippen LogP contribution in [0.5, 0.6) is 0 Å². The van der Waals surface area contributed by atoms with Crippen molar-refractivity contribution >= 4 is 23.1 Å². The summed E-state index contributed by atoms with van der Waals surface area (Å²) in [5.74, 6) is 1.20. The molecule has 1 aliphatic heterocycles. The number of hydrogen-bond acceptors (Lipinski definition) is 8. The Morgan fingerprint density at radius 1 is 1.22 bits per heavy atom. The normalized spacial score (nSPS) is 15.4. The van der Waals surface area contributed by atoms with E-state index in [1.54, 1.807) is 19.3 Å². The van der Waals surface area contributed by atoms with Crippen LogP contribution in [0.1, 0.15) is 35.5 Å². The van der Waals surface area contributed by atoms with Gasteiger partial charge in [-0.3, -0.25) is 4.90 Å². The summed E-state index contributed by atoms with van der Waals surface area (Å²) in [6.07, 6.45) is 3.48. The first-order valence-electron chi connectivity index (χ1n) is 9.42. The van der Waals surface area contributed by atoms with E-state index in [1.165, 1.54) is 11.3 Å². The minimum absolute atomic E-state index is 0.336. The Balaban J connectivity index is 1.71. The molecule has 2 aromatic rings. The molecule has 0 bridgehead atoms. The predicted octanol–water partition coefficient (Wildman–Crippen LogP) is 2.86. The van der Waals surface area contributed by atoms with Crippen molar-refractivity contribution in [2.24, 2.45) is 5.92 Å². The maximum Gasteiger partial charge on any atom is 0.350 e. The number of thiazole rings is 1. The van der Waals surface area contributed by atoms with E-state index in [9.17, 15) is 4.79 Å². The first-order chi connectivity index (χ1) is 13.0. The van der Waals surface area contributed by atoms with Gasteiger partial charge in [0.05, 0.1) is 24.0 Å². The van der Waals surface area contributed by atoms with Gasteiger partial charge in [0.2, 0.25) is 0 Å². The standard InChI is InChI=1S/C19H27N5O2S/c1-5-26-19(25)18-17(22-14(4)27-18)15-10-21-16(11-20-15)24-8-6-23(7-9-24)12-13(2)3/h10-11,13H,5-9,12H2,1-4H3. The number of anilines is 1. The van der Waals surface area contributed by atoms with E-state index in [-0.39, 0.29) is 5.97 Å². The van der Waals surface area contributed by atoms with Crippen LogP contribution in [0.4, 0.5) is 5.82 Å². The van der Waals surface area contributed by atoms with Crippen LogP contribution in [-0.4, -0.2) is 65.2 Å². The smallest absolute Gasteiger partial charge is 0.350 e. The third kappa shape index (κ3) is 4.81. The zero-order valence-corrected chi connectivity index (χ0v) is 17.3. The Labute approximate surface area is 164 Å². The molecule has 3 rings (SSSR count). The van der Waals surface area contributed by atoms with E-state index in [0.717, 1.165) is 43.5 Å². The van der Waals surface area contributed by atoms with Gasteiger partial charge in [0, 0.05) is 32.7 Å². The lowest BCUT2D eigenvalue weighted by Crippen LogP contribution is -2.47. The Hall–Kier alpha value is -2.06. The molecule has 7 nitrogen and oxygen atoms in total. The van der Waals surface area contributed by atoms with E-state index >= 15 is 0 Å². The van der Waals surface area contributed by atoms with Crippen molar-refractivity contribution in [3.05, 3.63) is 22.3 Å².